The van der Waals surface area contributed by atoms with Gasteiger partial charge in [0, 0.05) is 16.9 Å². The minimum atomic E-state index is -0.374. The summed E-state index contributed by atoms with van der Waals surface area (Å²) in [5, 5.41) is 7.11. The second-order valence-electron chi connectivity index (χ2n) is 5.85. The Labute approximate surface area is 150 Å². The highest BCUT2D eigenvalue weighted by molar-refractivity contribution is 6.01. The fourth-order valence-corrected chi connectivity index (χ4v) is 2.62. The monoisotopic (exact) mass is 349 g/mol. The van der Waals surface area contributed by atoms with Crippen molar-refractivity contribution in [1.82, 2.24) is 15.2 Å². The minimum Gasteiger partial charge on any atom is -0.399 e. The van der Waals surface area contributed by atoms with Crippen molar-refractivity contribution in [3.63, 3.8) is 0 Å². The van der Waals surface area contributed by atoms with Crippen LogP contribution >= 0.6 is 0 Å². The van der Waals surface area contributed by atoms with Crippen molar-refractivity contribution in [2.24, 2.45) is 5.10 Å². The SMILES string of the molecule is C/C(=N\NC(=O)c1ccc(N)cc1)c1c(C)[nH]n(-c2ccccc2)c1=O. The third-order valence-electron chi connectivity index (χ3n) is 3.95. The molecular weight excluding hydrogens is 330 g/mol. The standard InChI is InChI=1S/C19H19N5O2/c1-12(21-22-18(25)14-8-10-15(20)11-9-14)17-13(2)23-24(19(17)26)16-6-4-3-5-7-16/h3-11,23H,20H2,1-2H3,(H,22,25)/b21-12+. The number of hydrogen-bond donors (Lipinski definition) is 3. The van der Waals surface area contributed by atoms with E-state index in [0.717, 1.165) is 5.69 Å². The van der Waals surface area contributed by atoms with Crippen LogP contribution in [0.2, 0.25) is 0 Å². The number of nitrogen functional groups attached to an aromatic ring is 1. The number of rotatable bonds is 4. The lowest BCUT2D eigenvalue weighted by molar-refractivity contribution is 0.0955. The summed E-state index contributed by atoms with van der Waals surface area (Å²) in [7, 11) is 0. The Morgan fingerprint density at radius 3 is 2.42 bits per heavy atom. The Hall–Kier alpha value is -3.61. The number of nitrogens with two attached hydrogens (primary N) is 1. The number of carbonyl (C=O) groups excluding carboxylic acids is 1. The van der Waals surface area contributed by atoms with Crippen LogP contribution in [0.25, 0.3) is 5.69 Å². The summed E-state index contributed by atoms with van der Waals surface area (Å²) >= 11 is 0. The van der Waals surface area contributed by atoms with Crippen molar-refractivity contribution < 1.29 is 4.79 Å². The maximum Gasteiger partial charge on any atom is 0.280 e. The summed E-state index contributed by atoms with van der Waals surface area (Å²) in [6.07, 6.45) is 0. The summed E-state index contributed by atoms with van der Waals surface area (Å²) < 4.78 is 1.45. The van der Waals surface area contributed by atoms with E-state index in [1.165, 1.54) is 4.68 Å². The number of anilines is 1. The van der Waals surface area contributed by atoms with E-state index >= 15 is 0 Å². The first-order valence-electron chi connectivity index (χ1n) is 8.05. The average Bonchev–Trinajstić information content (AvgIpc) is 2.95. The van der Waals surface area contributed by atoms with Crippen molar-refractivity contribution in [2.45, 2.75) is 13.8 Å². The molecule has 0 saturated carbocycles. The van der Waals surface area contributed by atoms with Gasteiger partial charge in [0.25, 0.3) is 11.5 Å². The molecule has 0 unspecified atom stereocenters. The normalized spacial score (nSPS) is 11.4. The molecule has 0 fully saturated rings. The Kier molecular flexibility index (Phi) is 4.70. The van der Waals surface area contributed by atoms with E-state index in [4.69, 9.17) is 5.73 Å². The third-order valence-corrected chi connectivity index (χ3v) is 3.95. The lowest BCUT2D eigenvalue weighted by atomic mass is 10.2. The molecule has 3 aromatic rings. The average molecular weight is 349 g/mol. The molecule has 2 aromatic carbocycles. The van der Waals surface area contributed by atoms with Gasteiger partial charge in [0.05, 0.1) is 17.0 Å². The number of aryl methyl sites for hydroxylation is 1. The number of para-hydroxylation sites is 1. The molecule has 0 aliphatic carbocycles. The van der Waals surface area contributed by atoms with Crippen molar-refractivity contribution >= 4 is 17.3 Å². The Morgan fingerprint density at radius 1 is 1.12 bits per heavy atom. The first kappa shape index (κ1) is 17.2. The van der Waals surface area contributed by atoms with E-state index in [1.54, 1.807) is 38.1 Å². The fourth-order valence-electron chi connectivity index (χ4n) is 2.62. The fraction of sp³-hybridized carbons (Fsp3) is 0.105. The van der Waals surface area contributed by atoms with Crippen LogP contribution in [-0.2, 0) is 0 Å². The van der Waals surface area contributed by atoms with Crippen LogP contribution in [0.5, 0.6) is 0 Å². The molecule has 1 heterocycles. The molecule has 0 aliphatic heterocycles. The van der Waals surface area contributed by atoms with E-state index in [1.807, 2.05) is 30.3 Å². The predicted octanol–water partition coefficient (Wildman–Crippen LogP) is 2.21. The first-order chi connectivity index (χ1) is 12.5. The number of carbonyl (C=O) groups is 1. The molecule has 0 bridgehead atoms. The van der Waals surface area contributed by atoms with Gasteiger partial charge < -0.3 is 5.73 Å². The highest BCUT2D eigenvalue weighted by Crippen LogP contribution is 2.08. The highest BCUT2D eigenvalue weighted by atomic mass is 16.2. The molecule has 0 radical (unpaired) electrons. The molecule has 1 aromatic heterocycles. The molecule has 1 amide bonds. The summed E-state index contributed by atoms with van der Waals surface area (Å²) in [6.45, 7) is 3.47. The molecule has 4 N–H and O–H groups in total. The van der Waals surface area contributed by atoms with E-state index < -0.39 is 0 Å². The zero-order chi connectivity index (χ0) is 18.7. The maximum absolute atomic E-state index is 12.7. The van der Waals surface area contributed by atoms with Crippen molar-refractivity contribution in [3.8, 4) is 5.69 Å². The number of hydrazone groups is 1. The van der Waals surface area contributed by atoms with E-state index in [2.05, 4.69) is 15.6 Å². The third kappa shape index (κ3) is 3.41. The lowest BCUT2D eigenvalue weighted by Gasteiger charge is -2.02. The first-order valence-corrected chi connectivity index (χ1v) is 8.05. The predicted molar refractivity (Wildman–Crippen MR) is 102 cm³/mol. The van der Waals surface area contributed by atoms with E-state index in [9.17, 15) is 9.59 Å². The molecule has 3 rings (SSSR count). The largest absolute Gasteiger partial charge is 0.399 e. The number of amides is 1. The number of nitrogens with one attached hydrogen (secondary N) is 2. The van der Waals surface area contributed by atoms with E-state index in [-0.39, 0.29) is 11.5 Å². The quantitative estimate of drug-likeness (QED) is 0.382. The molecule has 0 atom stereocenters. The zero-order valence-corrected chi connectivity index (χ0v) is 14.5. The molecule has 0 spiro atoms. The van der Waals surface area contributed by atoms with Crippen LogP contribution < -0.4 is 16.7 Å². The van der Waals surface area contributed by atoms with Crippen molar-refractivity contribution in [2.75, 3.05) is 5.73 Å². The summed E-state index contributed by atoms with van der Waals surface area (Å²) in [5.74, 6) is -0.374. The second kappa shape index (κ2) is 7.10. The maximum atomic E-state index is 12.7. The highest BCUT2D eigenvalue weighted by Gasteiger charge is 2.15. The van der Waals surface area contributed by atoms with Gasteiger partial charge >= 0.3 is 0 Å². The Bertz CT molecular complexity index is 1010. The number of H-pyrrole nitrogens is 1. The smallest absolute Gasteiger partial charge is 0.280 e. The van der Waals surface area contributed by atoms with Gasteiger partial charge in [-0.15, -0.1) is 0 Å². The van der Waals surface area contributed by atoms with Crippen molar-refractivity contribution in [1.29, 1.82) is 0 Å². The molecule has 0 aliphatic rings. The molecule has 132 valence electrons. The van der Waals surface area contributed by atoms with Gasteiger partial charge in [-0.05, 0) is 50.2 Å². The summed E-state index contributed by atoms with van der Waals surface area (Å²) in [5.41, 5.74) is 11.1. The molecular formula is C19H19N5O2. The van der Waals surface area contributed by atoms with Crippen LogP contribution in [0.1, 0.15) is 28.5 Å². The number of aromatic nitrogens is 2. The van der Waals surface area contributed by atoms with Gasteiger partial charge in [0.1, 0.15) is 0 Å². The number of aromatic amines is 1. The van der Waals surface area contributed by atoms with Crippen LogP contribution in [-0.4, -0.2) is 21.4 Å². The van der Waals surface area contributed by atoms with Gasteiger partial charge in [0.2, 0.25) is 0 Å². The van der Waals surface area contributed by atoms with Crippen LogP contribution in [0, 0.1) is 6.92 Å². The van der Waals surface area contributed by atoms with Crippen LogP contribution in [0.3, 0.4) is 0 Å². The summed E-state index contributed by atoms with van der Waals surface area (Å²) in [4.78, 5) is 24.8. The minimum absolute atomic E-state index is 0.225. The molecule has 26 heavy (non-hydrogen) atoms. The molecule has 7 heteroatoms. The van der Waals surface area contributed by atoms with Crippen LogP contribution in [0.15, 0.2) is 64.5 Å². The lowest BCUT2D eigenvalue weighted by Crippen LogP contribution is -2.23. The van der Waals surface area contributed by atoms with Gasteiger partial charge in [0.15, 0.2) is 0 Å². The topological polar surface area (TPSA) is 105 Å². The molecule has 7 nitrogen and oxygen atoms in total. The van der Waals surface area contributed by atoms with Gasteiger partial charge in [-0.1, -0.05) is 18.2 Å². The van der Waals surface area contributed by atoms with E-state index in [0.29, 0.717) is 28.2 Å². The van der Waals surface area contributed by atoms with Gasteiger partial charge in [-0.2, -0.15) is 5.10 Å². The molecule has 0 saturated heterocycles. The zero-order valence-electron chi connectivity index (χ0n) is 14.5. The number of hydrogen-bond acceptors (Lipinski definition) is 4. The number of benzene rings is 2. The number of nitrogens with zero attached hydrogens (tertiary/aromatic N) is 2. The van der Waals surface area contributed by atoms with Crippen molar-refractivity contribution in [3.05, 3.63) is 81.8 Å². The van der Waals surface area contributed by atoms with Gasteiger partial charge in [-0.3, -0.25) is 14.7 Å². The Morgan fingerprint density at radius 2 is 1.77 bits per heavy atom. The second-order valence-corrected chi connectivity index (χ2v) is 5.85. The van der Waals surface area contributed by atoms with Crippen LogP contribution in [0.4, 0.5) is 5.69 Å². The Balaban J connectivity index is 1.86. The van der Waals surface area contributed by atoms with Gasteiger partial charge in [-0.25, -0.2) is 10.1 Å². The summed E-state index contributed by atoms with van der Waals surface area (Å²) in [6, 6.07) is 15.7.